The number of benzene rings is 3. The van der Waals surface area contributed by atoms with Gasteiger partial charge in [0.1, 0.15) is 5.75 Å². The monoisotopic (exact) mass is 329 g/mol. The number of phenols is 1. The number of rotatable bonds is 2. The number of hydrogen-bond acceptors (Lipinski definition) is 2. The molecular weight excluding hydrogens is 306 g/mol. The lowest BCUT2D eigenvalue weighted by Crippen LogP contribution is -2.34. The number of aromatic hydroxyl groups is 1. The van der Waals surface area contributed by atoms with Crippen LogP contribution in [0.2, 0.25) is 0 Å². The van der Waals surface area contributed by atoms with Crippen LogP contribution < -0.4 is 5.32 Å². The molecule has 2 atom stereocenters. The number of aryl methyl sites for hydroxylation is 1. The summed E-state index contributed by atoms with van der Waals surface area (Å²) in [6.07, 6.45) is 0.941. The van der Waals surface area contributed by atoms with Crippen molar-refractivity contribution in [3.8, 4) is 5.75 Å². The molecule has 0 aliphatic carbocycles. The molecule has 0 radical (unpaired) electrons. The lowest BCUT2D eigenvalue weighted by molar-refractivity contribution is 0.438. The average Bonchev–Trinajstić information content (AvgIpc) is 2.63. The predicted molar refractivity (Wildman–Crippen MR) is 103 cm³/mol. The number of hydrogen-bond donors (Lipinski definition) is 2. The quantitative estimate of drug-likeness (QED) is 0.603. The zero-order chi connectivity index (χ0) is 17.4. The Bertz CT molecular complexity index is 903. The van der Waals surface area contributed by atoms with Crippen LogP contribution in [0.4, 0.5) is 5.69 Å². The van der Waals surface area contributed by atoms with Gasteiger partial charge in [-0.05, 0) is 36.1 Å². The molecule has 0 amide bonds. The third kappa shape index (κ3) is 2.68. The number of fused-ring (bicyclic) bond motifs is 1. The van der Waals surface area contributed by atoms with E-state index in [9.17, 15) is 5.11 Å². The van der Waals surface area contributed by atoms with Crippen molar-refractivity contribution in [3.05, 3.63) is 95.1 Å². The first-order valence-electron chi connectivity index (χ1n) is 8.79. The fraction of sp³-hybridized carbons (Fsp3) is 0.217. The lowest BCUT2D eigenvalue weighted by atomic mass is 9.68. The minimum absolute atomic E-state index is 0.158. The van der Waals surface area contributed by atoms with E-state index in [1.54, 1.807) is 6.07 Å². The molecule has 4 rings (SSSR count). The van der Waals surface area contributed by atoms with E-state index in [1.165, 1.54) is 16.7 Å². The van der Waals surface area contributed by atoms with Crippen molar-refractivity contribution in [2.75, 3.05) is 5.32 Å². The molecule has 1 aliphatic rings. The Morgan fingerprint density at radius 1 is 0.960 bits per heavy atom. The van der Waals surface area contributed by atoms with E-state index in [0.29, 0.717) is 5.75 Å². The maximum atomic E-state index is 10.5. The Kier molecular flexibility index (Phi) is 3.76. The molecule has 25 heavy (non-hydrogen) atoms. The Hall–Kier alpha value is -2.74. The molecule has 2 heteroatoms. The molecule has 1 aliphatic heterocycles. The smallest absolute Gasteiger partial charge is 0.139 e. The van der Waals surface area contributed by atoms with Crippen LogP contribution in [0, 0.1) is 6.92 Å². The summed E-state index contributed by atoms with van der Waals surface area (Å²) in [5.74, 6) is 0.317. The highest BCUT2D eigenvalue weighted by Gasteiger charge is 2.39. The van der Waals surface area contributed by atoms with Crippen LogP contribution in [-0.2, 0) is 5.41 Å². The summed E-state index contributed by atoms with van der Waals surface area (Å²) in [5, 5.41) is 14.1. The molecule has 0 aromatic heterocycles. The van der Waals surface area contributed by atoms with Crippen LogP contribution in [0.15, 0.2) is 72.8 Å². The maximum Gasteiger partial charge on any atom is 0.139 e. The molecule has 3 aromatic rings. The molecular formula is C23H23NO. The molecule has 0 spiro atoms. The van der Waals surface area contributed by atoms with Gasteiger partial charge in [-0.25, -0.2) is 0 Å². The highest BCUT2D eigenvalue weighted by molar-refractivity contribution is 5.68. The van der Waals surface area contributed by atoms with Crippen molar-refractivity contribution >= 4 is 5.69 Å². The van der Waals surface area contributed by atoms with Crippen molar-refractivity contribution in [2.45, 2.75) is 31.7 Å². The van der Waals surface area contributed by atoms with E-state index in [-0.39, 0.29) is 11.5 Å². The third-order valence-corrected chi connectivity index (χ3v) is 5.42. The van der Waals surface area contributed by atoms with E-state index >= 15 is 0 Å². The van der Waals surface area contributed by atoms with Gasteiger partial charge in [-0.2, -0.15) is 0 Å². The maximum absolute atomic E-state index is 10.5. The first kappa shape index (κ1) is 15.8. The first-order valence-corrected chi connectivity index (χ1v) is 8.79. The molecule has 126 valence electrons. The number of phenolic OH excluding ortho intramolecular Hbond substituents is 1. The second-order valence-corrected chi connectivity index (χ2v) is 7.21. The summed E-state index contributed by atoms with van der Waals surface area (Å²) in [7, 11) is 0. The van der Waals surface area contributed by atoms with Crippen LogP contribution in [0.3, 0.4) is 0 Å². The summed E-state index contributed by atoms with van der Waals surface area (Å²) < 4.78 is 0. The van der Waals surface area contributed by atoms with Crippen LogP contribution in [0.5, 0.6) is 5.75 Å². The fourth-order valence-electron chi connectivity index (χ4n) is 4.06. The van der Waals surface area contributed by atoms with Crippen LogP contribution in [-0.4, -0.2) is 5.11 Å². The summed E-state index contributed by atoms with van der Waals surface area (Å²) in [6, 6.07) is 25.2. The van der Waals surface area contributed by atoms with Gasteiger partial charge in [-0.3, -0.25) is 0 Å². The summed E-state index contributed by atoms with van der Waals surface area (Å²) in [6.45, 7) is 4.40. The van der Waals surface area contributed by atoms with Crippen LogP contribution in [0.1, 0.15) is 41.6 Å². The van der Waals surface area contributed by atoms with E-state index in [2.05, 4.69) is 79.8 Å². The molecule has 0 unspecified atom stereocenters. The fourth-order valence-corrected chi connectivity index (χ4v) is 4.06. The van der Waals surface area contributed by atoms with Gasteiger partial charge in [0.15, 0.2) is 0 Å². The Labute approximate surface area is 149 Å². The molecule has 3 aromatic carbocycles. The molecule has 2 nitrogen and oxygen atoms in total. The second-order valence-electron chi connectivity index (χ2n) is 7.21. The van der Waals surface area contributed by atoms with Crippen LogP contribution in [0.25, 0.3) is 0 Å². The Balaban J connectivity index is 1.88. The minimum Gasteiger partial charge on any atom is -0.506 e. The number of para-hydroxylation sites is 1. The second kappa shape index (κ2) is 5.96. The van der Waals surface area contributed by atoms with Gasteiger partial charge >= 0.3 is 0 Å². The van der Waals surface area contributed by atoms with Gasteiger partial charge in [0.05, 0.1) is 11.7 Å². The van der Waals surface area contributed by atoms with Gasteiger partial charge in [0.25, 0.3) is 0 Å². The largest absolute Gasteiger partial charge is 0.506 e. The van der Waals surface area contributed by atoms with Crippen molar-refractivity contribution < 1.29 is 5.11 Å². The van der Waals surface area contributed by atoms with Crippen molar-refractivity contribution in [1.82, 2.24) is 0 Å². The summed E-state index contributed by atoms with van der Waals surface area (Å²) >= 11 is 0. The zero-order valence-corrected chi connectivity index (χ0v) is 14.7. The standard InChI is InChI=1S/C23H23NO/c1-16-8-6-9-17(14-16)20-15-23(2,18-10-4-3-5-11-18)19-12-7-13-21(25)22(19)24-20/h3-14,20,24-25H,15H2,1-2H3/t20-,23-/m0/s1. The molecule has 0 saturated heterocycles. The Morgan fingerprint density at radius 2 is 1.72 bits per heavy atom. The number of nitrogens with one attached hydrogen (secondary N) is 1. The molecule has 1 heterocycles. The van der Waals surface area contributed by atoms with E-state index < -0.39 is 0 Å². The highest BCUT2D eigenvalue weighted by atomic mass is 16.3. The van der Waals surface area contributed by atoms with E-state index in [0.717, 1.165) is 17.7 Å². The van der Waals surface area contributed by atoms with Crippen molar-refractivity contribution in [1.29, 1.82) is 0 Å². The SMILES string of the molecule is Cc1cccc([C@@H]2C[C@@](C)(c3ccccc3)c3cccc(O)c3N2)c1. The first-order chi connectivity index (χ1) is 12.1. The minimum atomic E-state index is -0.158. The Morgan fingerprint density at radius 3 is 2.48 bits per heavy atom. The third-order valence-electron chi connectivity index (χ3n) is 5.42. The average molecular weight is 329 g/mol. The van der Waals surface area contributed by atoms with Gasteiger partial charge in [-0.15, -0.1) is 0 Å². The van der Waals surface area contributed by atoms with Gasteiger partial charge in [0, 0.05) is 5.41 Å². The van der Waals surface area contributed by atoms with E-state index in [1.807, 2.05) is 6.07 Å². The van der Waals surface area contributed by atoms with Crippen molar-refractivity contribution in [3.63, 3.8) is 0 Å². The van der Waals surface area contributed by atoms with E-state index in [4.69, 9.17) is 0 Å². The zero-order valence-electron chi connectivity index (χ0n) is 14.7. The van der Waals surface area contributed by atoms with Gasteiger partial charge < -0.3 is 10.4 Å². The molecule has 0 bridgehead atoms. The molecule has 2 N–H and O–H groups in total. The predicted octanol–water partition coefficient (Wildman–Crippen LogP) is 5.56. The number of anilines is 1. The summed E-state index contributed by atoms with van der Waals surface area (Å²) in [5.41, 5.74) is 5.64. The van der Waals surface area contributed by atoms with Gasteiger partial charge in [0.2, 0.25) is 0 Å². The normalized spacial score (nSPS) is 22.1. The topological polar surface area (TPSA) is 32.3 Å². The van der Waals surface area contributed by atoms with Crippen LogP contribution >= 0.6 is 0 Å². The summed E-state index contributed by atoms with van der Waals surface area (Å²) in [4.78, 5) is 0. The lowest BCUT2D eigenvalue weighted by Gasteiger charge is -2.42. The van der Waals surface area contributed by atoms with Gasteiger partial charge in [-0.1, -0.05) is 79.2 Å². The molecule has 0 saturated carbocycles. The molecule has 0 fully saturated rings. The highest BCUT2D eigenvalue weighted by Crippen LogP contribution is 2.50. The van der Waals surface area contributed by atoms with Crippen molar-refractivity contribution in [2.24, 2.45) is 0 Å².